The minimum Gasteiger partial charge on any atom is -0.330 e. The topological polar surface area (TPSA) is 26.0 Å². The molecule has 0 bridgehead atoms. The summed E-state index contributed by atoms with van der Waals surface area (Å²) in [5.74, 6) is 0.363. The summed E-state index contributed by atoms with van der Waals surface area (Å²) in [5, 5.41) is 0.774. The third kappa shape index (κ3) is 3.02. The lowest BCUT2D eigenvalue weighted by Crippen LogP contribution is -2.12. The summed E-state index contributed by atoms with van der Waals surface area (Å²) >= 11 is 5.80. The minimum atomic E-state index is 0.363. The first-order valence-electron chi connectivity index (χ1n) is 4.56. The first-order chi connectivity index (χ1) is 6.27. The van der Waals surface area contributed by atoms with Crippen molar-refractivity contribution in [1.82, 2.24) is 0 Å². The third-order valence-electron chi connectivity index (χ3n) is 2.07. The molecule has 0 aliphatic heterocycles. The first kappa shape index (κ1) is 10.6. The number of hydrogen-bond acceptors (Lipinski definition) is 1. The van der Waals surface area contributed by atoms with Gasteiger partial charge in [0.1, 0.15) is 0 Å². The van der Waals surface area contributed by atoms with Gasteiger partial charge < -0.3 is 5.73 Å². The predicted molar refractivity (Wildman–Crippen MR) is 57.8 cm³/mol. The standard InChI is InChI=1S/C11H15ClN/c1-2-3-10(8-13)9-4-6-11(12)7-5-9/h3-7,10H,2,8,13H2,1H3. The highest BCUT2D eigenvalue weighted by atomic mass is 35.5. The van der Waals surface area contributed by atoms with Crippen molar-refractivity contribution in [3.63, 3.8) is 0 Å². The van der Waals surface area contributed by atoms with E-state index in [1.807, 2.05) is 24.3 Å². The van der Waals surface area contributed by atoms with Crippen LogP contribution in [0.1, 0.15) is 24.8 Å². The van der Waals surface area contributed by atoms with E-state index in [4.69, 9.17) is 17.3 Å². The van der Waals surface area contributed by atoms with Crippen molar-refractivity contribution in [3.8, 4) is 0 Å². The molecule has 0 saturated heterocycles. The molecule has 1 nitrogen and oxygen atoms in total. The number of halogens is 1. The lowest BCUT2D eigenvalue weighted by molar-refractivity contribution is 0.758. The molecule has 0 aliphatic carbocycles. The average molecular weight is 197 g/mol. The van der Waals surface area contributed by atoms with E-state index in [1.54, 1.807) is 0 Å². The van der Waals surface area contributed by atoms with Gasteiger partial charge in [0.25, 0.3) is 0 Å². The van der Waals surface area contributed by atoms with Gasteiger partial charge in [0.15, 0.2) is 0 Å². The zero-order chi connectivity index (χ0) is 9.68. The van der Waals surface area contributed by atoms with E-state index in [1.165, 1.54) is 5.56 Å². The molecule has 0 heterocycles. The SMILES string of the molecule is CC[CH]C(CN)c1ccc(Cl)cc1. The molecule has 71 valence electrons. The summed E-state index contributed by atoms with van der Waals surface area (Å²) in [6.45, 7) is 2.79. The van der Waals surface area contributed by atoms with Gasteiger partial charge in [-0.3, -0.25) is 0 Å². The van der Waals surface area contributed by atoms with E-state index in [0.717, 1.165) is 11.4 Å². The Morgan fingerprint density at radius 1 is 1.38 bits per heavy atom. The van der Waals surface area contributed by atoms with Crippen LogP contribution >= 0.6 is 11.6 Å². The quantitative estimate of drug-likeness (QED) is 0.787. The molecule has 1 rings (SSSR count). The molecule has 0 aromatic heterocycles. The minimum absolute atomic E-state index is 0.363. The zero-order valence-electron chi connectivity index (χ0n) is 7.83. The van der Waals surface area contributed by atoms with Crippen LogP contribution in [0, 0.1) is 6.42 Å². The Kier molecular flexibility index (Phi) is 4.26. The van der Waals surface area contributed by atoms with E-state index < -0.39 is 0 Å². The Labute approximate surface area is 84.9 Å². The molecule has 1 aromatic rings. The van der Waals surface area contributed by atoms with Crippen molar-refractivity contribution < 1.29 is 0 Å². The van der Waals surface area contributed by atoms with Crippen LogP contribution in [0.2, 0.25) is 5.02 Å². The number of hydrogen-bond donors (Lipinski definition) is 1. The fourth-order valence-electron chi connectivity index (χ4n) is 1.36. The van der Waals surface area contributed by atoms with Gasteiger partial charge >= 0.3 is 0 Å². The molecular formula is C11H15ClN. The van der Waals surface area contributed by atoms with Crippen LogP contribution in [0.3, 0.4) is 0 Å². The van der Waals surface area contributed by atoms with Crippen LogP contribution in [0.25, 0.3) is 0 Å². The van der Waals surface area contributed by atoms with Gasteiger partial charge in [-0.05, 0) is 36.6 Å². The maximum absolute atomic E-state index is 5.80. The van der Waals surface area contributed by atoms with Crippen LogP contribution in [0.15, 0.2) is 24.3 Å². The van der Waals surface area contributed by atoms with Crippen molar-refractivity contribution in [2.75, 3.05) is 6.54 Å². The molecule has 1 radical (unpaired) electrons. The molecule has 1 atom stereocenters. The highest BCUT2D eigenvalue weighted by Crippen LogP contribution is 2.20. The predicted octanol–water partition coefficient (Wildman–Crippen LogP) is 3.00. The van der Waals surface area contributed by atoms with Crippen molar-refractivity contribution in [3.05, 3.63) is 41.3 Å². The van der Waals surface area contributed by atoms with Crippen LogP contribution in [0.4, 0.5) is 0 Å². The van der Waals surface area contributed by atoms with E-state index in [9.17, 15) is 0 Å². The van der Waals surface area contributed by atoms with E-state index in [0.29, 0.717) is 12.5 Å². The highest BCUT2D eigenvalue weighted by molar-refractivity contribution is 6.30. The lowest BCUT2D eigenvalue weighted by atomic mass is 9.95. The van der Waals surface area contributed by atoms with Gasteiger partial charge in [0.05, 0.1) is 0 Å². The monoisotopic (exact) mass is 196 g/mol. The van der Waals surface area contributed by atoms with Crippen LogP contribution in [0.5, 0.6) is 0 Å². The normalized spacial score (nSPS) is 12.8. The van der Waals surface area contributed by atoms with Gasteiger partial charge in [-0.2, -0.15) is 0 Å². The smallest absolute Gasteiger partial charge is 0.0406 e. The fourth-order valence-corrected chi connectivity index (χ4v) is 1.49. The van der Waals surface area contributed by atoms with E-state index >= 15 is 0 Å². The Morgan fingerprint density at radius 2 is 2.00 bits per heavy atom. The molecule has 0 aliphatic rings. The molecule has 0 saturated carbocycles. The van der Waals surface area contributed by atoms with Crippen molar-refractivity contribution in [1.29, 1.82) is 0 Å². The molecular weight excluding hydrogens is 182 g/mol. The Morgan fingerprint density at radius 3 is 2.46 bits per heavy atom. The molecule has 1 aromatic carbocycles. The molecule has 2 heteroatoms. The summed E-state index contributed by atoms with van der Waals surface area (Å²) in [5.41, 5.74) is 6.91. The molecule has 13 heavy (non-hydrogen) atoms. The van der Waals surface area contributed by atoms with Crippen molar-refractivity contribution >= 4 is 11.6 Å². The first-order valence-corrected chi connectivity index (χ1v) is 4.94. The number of rotatable bonds is 4. The summed E-state index contributed by atoms with van der Waals surface area (Å²) in [7, 11) is 0. The Bertz CT molecular complexity index is 243. The van der Waals surface area contributed by atoms with Crippen LogP contribution in [-0.4, -0.2) is 6.54 Å². The number of nitrogens with two attached hydrogens (primary N) is 1. The van der Waals surface area contributed by atoms with Crippen molar-refractivity contribution in [2.24, 2.45) is 5.73 Å². The van der Waals surface area contributed by atoms with Gasteiger partial charge in [0, 0.05) is 5.02 Å². The lowest BCUT2D eigenvalue weighted by Gasteiger charge is -2.13. The Balaban J connectivity index is 2.73. The second-order valence-corrected chi connectivity index (χ2v) is 3.47. The van der Waals surface area contributed by atoms with Gasteiger partial charge in [-0.1, -0.05) is 37.1 Å². The Hall–Kier alpha value is -0.530. The maximum Gasteiger partial charge on any atom is 0.0406 e. The highest BCUT2D eigenvalue weighted by Gasteiger charge is 2.07. The molecule has 0 fully saturated rings. The van der Waals surface area contributed by atoms with Crippen LogP contribution in [-0.2, 0) is 0 Å². The van der Waals surface area contributed by atoms with Gasteiger partial charge in [-0.25, -0.2) is 0 Å². The van der Waals surface area contributed by atoms with Gasteiger partial charge in [-0.15, -0.1) is 0 Å². The van der Waals surface area contributed by atoms with E-state index in [2.05, 4.69) is 13.3 Å². The summed E-state index contributed by atoms with van der Waals surface area (Å²) in [6, 6.07) is 7.88. The van der Waals surface area contributed by atoms with Crippen LogP contribution < -0.4 is 5.73 Å². The zero-order valence-corrected chi connectivity index (χ0v) is 8.59. The molecule has 0 amide bonds. The summed E-state index contributed by atoms with van der Waals surface area (Å²) in [6.07, 6.45) is 3.27. The second-order valence-electron chi connectivity index (χ2n) is 3.04. The van der Waals surface area contributed by atoms with Crippen molar-refractivity contribution in [2.45, 2.75) is 19.3 Å². The average Bonchev–Trinajstić information content (AvgIpc) is 2.16. The molecule has 1 unspecified atom stereocenters. The number of benzene rings is 1. The summed E-state index contributed by atoms with van der Waals surface area (Å²) in [4.78, 5) is 0. The third-order valence-corrected chi connectivity index (χ3v) is 2.32. The summed E-state index contributed by atoms with van der Waals surface area (Å²) < 4.78 is 0. The largest absolute Gasteiger partial charge is 0.330 e. The maximum atomic E-state index is 5.80. The molecule has 2 N–H and O–H groups in total. The fraction of sp³-hybridized carbons (Fsp3) is 0.364. The van der Waals surface area contributed by atoms with E-state index in [-0.39, 0.29) is 0 Å². The second kappa shape index (κ2) is 5.25. The molecule has 0 spiro atoms. The van der Waals surface area contributed by atoms with Gasteiger partial charge in [0.2, 0.25) is 0 Å².